The van der Waals surface area contributed by atoms with Crippen molar-refractivity contribution in [3.63, 3.8) is 0 Å². The van der Waals surface area contributed by atoms with Gasteiger partial charge >= 0.3 is 0 Å². The third-order valence-electron chi connectivity index (χ3n) is 2.59. The van der Waals surface area contributed by atoms with E-state index in [9.17, 15) is 4.79 Å². The number of nitrogens with one attached hydrogen (secondary N) is 1. The first kappa shape index (κ1) is 15.2. The number of anilines is 1. The van der Waals surface area contributed by atoms with Crippen molar-refractivity contribution < 1.29 is 9.53 Å². The largest absolute Gasteiger partial charge is 0.496 e. The molecule has 0 aliphatic rings. The summed E-state index contributed by atoms with van der Waals surface area (Å²) >= 11 is 15.1. The molecule has 0 radical (unpaired) electrons. The molecule has 0 heterocycles. The van der Waals surface area contributed by atoms with Crippen LogP contribution in [0.25, 0.3) is 0 Å². The number of hydrogen-bond acceptors (Lipinski definition) is 2. The van der Waals surface area contributed by atoms with Crippen LogP contribution in [0.3, 0.4) is 0 Å². The number of carbonyl (C=O) groups excluding carboxylic acids is 1. The van der Waals surface area contributed by atoms with Crippen LogP contribution in [0.15, 0.2) is 40.9 Å². The zero-order valence-electron chi connectivity index (χ0n) is 10.4. The van der Waals surface area contributed by atoms with Crippen molar-refractivity contribution in [3.8, 4) is 5.75 Å². The molecular weight excluding hydrogens is 365 g/mol. The van der Waals surface area contributed by atoms with Crippen LogP contribution < -0.4 is 10.1 Å². The van der Waals surface area contributed by atoms with E-state index in [1.807, 2.05) is 0 Å². The molecule has 0 aliphatic carbocycles. The number of halogens is 3. The number of benzene rings is 2. The number of hydrogen-bond donors (Lipinski definition) is 1. The minimum absolute atomic E-state index is 0.290. The van der Waals surface area contributed by atoms with Crippen molar-refractivity contribution >= 4 is 50.7 Å². The SMILES string of the molecule is COc1cc(Cl)ccc1C(=O)Nc1ccc(Cl)cc1Br. The van der Waals surface area contributed by atoms with Crippen molar-refractivity contribution in [2.45, 2.75) is 0 Å². The van der Waals surface area contributed by atoms with E-state index in [2.05, 4.69) is 21.2 Å². The first-order valence-electron chi connectivity index (χ1n) is 5.61. The second kappa shape index (κ2) is 6.48. The van der Waals surface area contributed by atoms with Crippen LogP contribution in [0.5, 0.6) is 5.75 Å². The van der Waals surface area contributed by atoms with Gasteiger partial charge in [-0.2, -0.15) is 0 Å². The second-order valence-corrected chi connectivity index (χ2v) is 5.65. The van der Waals surface area contributed by atoms with E-state index in [1.54, 1.807) is 36.4 Å². The third-order valence-corrected chi connectivity index (χ3v) is 3.71. The molecule has 0 bridgehead atoms. The predicted octanol–water partition coefficient (Wildman–Crippen LogP) is 5.02. The smallest absolute Gasteiger partial charge is 0.259 e. The van der Waals surface area contributed by atoms with Gasteiger partial charge in [0.15, 0.2) is 0 Å². The highest BCUT2D eigenvalue weighted by Gasteiger charge is 2.14. The first-order valence-corrected chi connectivity index (χ1v) is 7.16. The lowest BCUT2D eigenvalue weighted by Crippen LogP contribution is -2.13. The Kier molecular flexibility index (Phi) is 4.91. The van der Waals surface area contributed by atoms with Gasteiger partial charge in [-0.3, -0.25) is 4.79 Å². The Morgan fingerprint density at radius 3 is 2.45 bits per heavy atom. The Labute approximate surface area is 135 Å². The summed E-state index contributed by atoms with van der Waals surface area (Å²) in [5.74, 6) is 0.127. The van der Waals surface area contributed by atoms with E-state index in [0.29, 0.717) is 31.5 Å². The molecule has 0 spiro atoms. The molecule has 0 aliphatic heterocycles. The van der Waals surface area contributed by atoms with Crippen LogP contribution >= 0.6 is 39.1 Å². The minimum atomic E-state index is -0.290. The van der Waals surface area contributed by atoms with E-state index in [1.165, 1.54) is 7.11 Å². The van der Waals surface area contributed by atoms with Crippen molar-refractivity contribution in [3.05, 3.63) is 56.5 Å². The maximum absolute atomic E-state index is 12.3. The Balaban J connectivity index is 2.28. The van der Waals surface area contributed by atoms with Gasteiger partial charge in [0.2, 0.25) is 0 Å². The summed E-state index contributed by atoms with van der Waals surface area (Å²) in [4.78, 5) is 12.3. The molecule has 6 heteroatoms. The van der Waals surface area contributed by atoms with Crippen molar-refractivity contribution in [2.75, 3.05) is 12.4 Å². The maximum Gasteiger partial charge on any atom is 0.259 e. The topological polar surface area (TPSA) is 38.3 Å². The van der Waals surface area contributed by atoms with Crippen LogP contribution in [0.4, 0.5) is 5.69 Å². The minimum Gasteiger partial charge on any atom is -0.496 e. The summed E-state index contributed by atoms with van der Waals surface area (Å²) < 4.78 is 5.86. The third kappa shape index (κ3) is 3.45. The first-order chi connectivity index (χ1) is 9.51. The summed E-state index contributed by atoms with van der Waals surface area (Å²) in [6.45, 7) is 0. The summed E-state index contributed by atoms with van der Waals surface area (Å²) in [5, 5.41) is 3.87. The maximum atomic E-state index is 12.3. The van der Waals surface area contributed by atoms with E-state index in [0.717, 1.165) is 0 Å². The predicted molar refractivity (Wildman–Crippen MR) is 85.1 cm³/mol. The van der Waals surface area contributed by atoms with E-state index in [4.69, 9.17) is 27.9 Å². The zero-order chi connectivity index (χ0) is 14.7. The van der Waals surface area contributed by atoms with Crippen molar-refractivity contribution in [2.24, 2.45) is 0 Å². The van der Waals surface area contributed by atoms with Crippen LogP contribution in [-0.4, -0.2) is 13.0 Å². The van der Waals surface area contributed by atoms with Gasteiger partial charge in [0, 0.05) is 14.5 Å². The van der Waals surface area contributed by atoms with Gasteiger partial charge in [-0.05, 0) is 52.3 Å². The average Bonchev–Trinajstić information content (AvgIpc) is 2.41. The number of methoxy groups -OCH3 is 1. The van der Waals surface area contributed by atoms with Gasteiger partial charge in [-0.25, -0.2) is 0 Å². The molecule has 0 saturated heterocycles. The average molecular weight is 375 g/mol. The van der Waals surface area contributed by atoms with Gasteiger partial charge in [0.1, 0.15) is 5.75 Å². The number of ether oxygens (including phenoxy) is 1. The molecule has 1 amide bonds. The Morgan fingerprint density at radius 2 is 1.80 bits per heavy atom. The van der Waals surface area contributed by atoms with Crippen molar-refractivity contribution in [1.29, 1.82) is 0 Å². The van der Waals surface area contributed by atoms with Gasteiger partial charge in [0.05, 0.1) is 18.4 Å². The Morgan fingerprint density at radius 1 is 1.15 bits per heavy atom. The number of rotatable bonds is 3. The van der Waals surface area contributed by atoms with E-state index >= 15 is 0 Å². The normalized spacial score (nSPS) is 10.2. The lowest BCUT2D eigenvalue weighted by molar-refractivity contribution is 0.102. The van der Waals surface area contributed by atoms with Crippen LogP contribution in [0.1, 0.15) is 10.4 Å². The number of carbonyl (C=O) groups is 1. The van der Waals surface area contributed by atoms with Gasteiger partial charge in [-0.1, -0.05) is 23.2 Å². The molecule has 1 N–H and O–H groups in total. The molecule has 2 aromatic carbocycles. The molecule has 0 unspecified atom stereocenters. The summed E-state index contributed by atoms with van der Waals surface area (Å²) in [5.41, 5.74) is 1.02. The highest BCUT2D eigenvalue weighted by molar-refractivity contribution is 9.10. The Bertz CT molecular complexity index is 662. The molecule has 0 fully saturated rings. The van der Waals surface area contributed by atoms with Gasteiger partial charge in [0.25, 0.3) is 5.91 Å². The molecule has 104 valence electrons. The lowest BCUT2D eigenvalue weighted by atomic mass is 10.2. The fourth-order valence-electron chi connectivity index (χ4n) is 1.63. The monoisotopic (exact) mass is 373 g/mol. The van der Waals surface area contributed by atoms with Crippen LogP contribution in [-0.2, 0) is 0 Å². The molecule has 0 saturated carbocycles. The molecular formula is C14H10BrCl2NO2. The Hall–Kier alpha value is -1.23. The summed E-state index contributed by atoms with van der Waals surface area (Å²) in [6.07, 6.45) is 0. The quantitative estimate of drug-likeness (QED) is 0.819. The van der Waals surface area contributed by atoms with E-state index in [-0.39, 0.29) is 5.91 Å². The fourth-order valence-corrected chi connectivity index (χ4v) is 2.58. The van der Waals surface area contributed by atoms with E-state index < -0.39 is 0 Å². The standard InChI is InChI=1S/C14H10BrCl2NO2/c1-20-13-7-9(17)2-4-10(13)14(19)18-12-5-3-8(16)6-11(12)15/h2-7H,1H3,(H,18,19). The lowest BCUT2D eigenvalue weighted by Gasteiger charge is -2.11. The van der Waals surface area contributed by atoms with Crippen LogP contribution in [0.2, 0.25) is 10.0 Å². The molecule has 2 rings (SSSR count). The summed E-state index contributed by atoms with van der Waals surface area (Å²) in [6, 6.07) is 9.95. The van der Waals surface area contributed by atoms with Crippen LogP contribution in [0, 0.1) is 0 Å². The molecule has 0 atom stereocenters. The molecule has 20 heavy (non-hydrogen) atoms. The summed E-state index contributed by atoms with van der Waals surface area (Å²) in [7, 11) is 1.49. The molecule has 3 nitrogen and oxygen atoms in total. The highest BCUT2D eigenvalue weighted by Crippen LogP contribution is 2.28. The zero-order valence-corrected chi connectivity index (χ0v) is 13.5. The number of amides is 1. The molecule has 0 aromatic heterocycles. The van der Waals surface area contributed by atoms with Gasteiger partial charge in [-0.15, -0.1) is 0 Å². The fraction of sp³-hybridized carbons (Fsp3) is 0.0714. The second-order valence-electron chi connectivity index (χ2n) is 3.92. The molecule has 2 aromatic rings. The van der Waals surface area contributed by atoms with Crippen molar-refractivity contribution in [1.82, 2.24) is 0 Å². The highest BCUT2D eigenvalue weighted by atomic mass is 79.9. The van der Waals surface area contributed by atoms with Gasteiger partial charge < -0.3 is 10.1 Å².